The summed E-state index contributed by atoms with van der Waals surface area (Å²) in [4.78, 5) is 8.22. The second-order valence-corrected chi connectivity index (χ2v) is 3.77. The fourth-order valence-electron chi connectivity index (χ4n) is 1.81. The summed E-state index contributed by atoms with van der Waals surface area (Å²) in [6.45, 7) is 2.09. The van der Waals surface area contributed by atoms with E-state index in [0.29, 0.717) is 0 Å². The quantitative estimate of drug-likeness (QED) is 0.848. The molecule has 1 atom stereocenters. The van der Waals surface area contributed by atoms with E-state index in [1.165, 1.54) is 11.1 Å². The fraction of sp³-hybridized carbons (Fsp3) is 0.231. The Morgan fingerprint density at radius 2 is 2.12 bits per heavy atom. The highest BCUT2D eigenvalue weighted by molar-refractivity contribution is 5.30. The summed E-state index contributed by atoms with van der Waals surface area (Å²) >= 11 is 0. The maximum absolute atomic E-state index is 4.28. The predicted molar refractivity (Wildman–Crippen MR) is 64.1 cm³/mol. The number of hydrogen-bond donors (Lipinski definition) is 1. The Kier molecular flexibility index (Phi) is 3.27. The van der Waals surface area contributed by atoms with Gasteiger partial charge in [0, 0.05) is 6.20 Å². The van der Waals surface area contributed by atoms with Crippen LogP contribution in [0.3, 0.4) is 0 Å². The third-order valence-electron chi connectivity index (χ3n) is 2.56. The molecule has 1 N–H and O–H groups in total. The molecule has 0 aliphatic carbocycles. The largest absolute Gasteiger partial charge is 0.308 e. The third-order valence-corrected chi connectivity index (χ3v) is 2.56. The van der Waals surface area contributed by atoms with E-state index < -0.39 is 0 Å². The highest BCUT2D eigenvalue weighted by Gasteiger charge is 2.12. The van der Waals surface area contributed by atoms with Gasteiger partial charge < -0.3 is 5.32 Å². The SMILES string of the molecule is CNC(c1cccc(C)c1)c1ccncn1. The van der Waals surface area contributed by atoms with Crippen LogP contribution in [0.1, 0.15) is 22.9 Å². The zero-order chi connectivity index (χ0) is 11.4. The standard InChI is InChI=1S/C13H15N3/c1-10-4-3-5-11(8-10)13(14-2)12-6-7-15-9-16-12/h3-9,13-14H,1-2H3. The van der Waals surface area contributed by atoms with Crippen LogP contribution in [0.15, 0.2) is 42.9 Å². The lowest BCUT2D eigenvalue weighted by Gasteiger charge is -2.16. The van der Waals surface area contributed by atoms with Crippen molar-refractivity contribution in [3.8, 4) is 0 Å². The van der Waals surface area contributed by atoms with Gasteiger partial charge in [0.25, 0.3) is 0 Å². The van der Waals surface area contributed by atoms with Crippen LogP contribution >= 0.6 is 0 Å². The lowest BCUT2D eigenvalue weighted by atomic mass is 10.0. The van der Waals surface area contributed by atoms with Gasteiger partial charge in [-0.1, -0.05) is 29.8 Å². The Morgan fingerprint density at radius 1 is 1.25 bits per heavy atom. The van der Waals surface area contributed by atoms with Crippen molar-refractivity contribution >= 4 is 0 Å². The first-order chi connectivity index (χ1) is 7.81. The molecule has 0 radical (unpaired) electrons. The van der Waals surface area contributed by atoms with Gasteiger partial charge in [-0.05, 0) is 25.6 Å². The van der Waals surface area contributed by atoms with Gasteiger partial charge in [0.1, 0.15) is 6.33 Å². The molecule has 0 amide bonds. The molecule has 1 heterocycles. The van der Waals surface area contributed by atoms with Gasteiger partial charge in [-0.2, -0.15) is 0 Å². The molecule has 0 fully saturated rings. The van der Waals surface area contributed by atoms with Crippen LogP contribution in [-0.2, 0) is 0 Å². The Hall–Kier alpha value is -1.74. The van der Waals surface area contributed by atoms with Crippen LogP contribution in [0.4, 0.5) is 0 Å². The van der Waals surface area contributed by atoms with Crippen molar-refractivity contribution in [2.45, 2.75) is 13.0 Å². The highest BCUT2D eigenvalue weighted by atomic mass is 14.9. The number of hydrogen-bond acceptors (Lipinski definition) is 3. The topological polar surface area (TPSA) is 37.8 Å². The van der Waals surface area contributed by atoms with E-state index in [9.17, 15) is 0 Å². The molecule has 0 aliphatic rings. The Labute approximate surface area is 95.6 Å². The smallest absolute Gasteiger partial charge is 0.115 e. The van der Waals surface area contributed by atoms with Crippen LogP contribution in [0.2, 0.25) is 0 Å². The lowest BCUT2D eigenvalue weighted by Crippen LogP contribution is -2.18. The molecule has 1 aromatic heterocycles. The number of nitrogens with one attached hydrogen (secondary N) is 1. The maximum atomic E-state index is 4.28. The summed E-state index contributed by atoms with van der Waals surface area (Å²) in [5.74, 6) is 0. The fourth-order valence-corrected chi connectivity index (χ4v) is 1.81. The molecule has 2 rings (SSSR count). The minimum absolute atomic E-state index is 0.128. The molecule has 1 unspecified atom stereocenters. The van der Waals surface area contributed by atoms with Gasteiger partial charge in [-0.25, -0.2) is 9.97 Å². The molecule has 0 saturated heterocycles. The molecule has 0 saturated carbocycles. The zero-order valence-electron chi connectivity index (χ0n) is 9.51. The Balaban J connectivity index is 2.37. The van der Waals surface area contributed by atoms with Crippen LogP contribution in [0.5, 0.6) is 0 Å². The van der Waals surface area contributed by atoms with E-state index >= 15 is 0 Å². The number of nitrogens with zero attached hydrogens (tertiary/aromatic N) is 2. The summed E-state index contributed by atoms with van der Waals surface area (Å²) in [5, 5.41) is 3.27. The van der Waals surface area contributed by atoms with E-state index in [1.54, 1.807) is 12.5 Å². The first-order valence-electron chi connectivity index (χ1n) is 5.31. The van der Waals surface area contributed by atoms with Crippen LogP contribution in [0.25, 0.3) is 0 Å². The monoisotopic (exact) mass is 213 g/mol. The second kappa shape index (κ2) is 4.86. The second-order valence-electron chi connectivity index (χ2n) is 3.77. The first-order valence-corrected chi connectivity index (χ1v) is 5.31. The van der Waals surface area contributed by atoms with E-state index in [1.807, 2.05) is 13.1 Å². The first kappa shape index (κ1) is 10.8. The molecule has 3 heteroatoms. The van der Waals surface area contributed by atoms with Crippen molar-refractivity contribution in [3.05, 3.63) is 59.7 Å². The minimum Gasteiger partial charge on any atom is -0.308 e. The number of aryl methyl sites for hydroxylation is 1. The van der Waals surface area contributed by atoms with E-state index in [2.05, 4.69) is 46.5 Å². The Morgan fingerprint density at radius 3 is 2.75 bits per heavy atom. The van der Waals surface area contributed by atoms with Gasteiger partial charge in [-0.3, -0.25) is 0 Å². The molecule has 16 heavy (non-hydrogen) atoms. The van der Waals surface area contributed by atoms with Crippen molar-refractivity contribution < 1.29 is 0 Å². The van der Waals surface area contributed by atoms with Gasteiger partial charge in [-0.15, -0.1) is 0 Å². The number of rotatable bonds is 3. The molecule has 0 spiro atoms. The van der Waals surface area contributed by atoms with Crippen molar-refractivity contribution in [2.75, 3.05) is 7.05 Å². The number of benzene rings is 1. The summed E-state index contributed by atoms with van der Waals surface area (Å²) in [6.07, 6.45) is 3.35. The van der Waals surface area contributed by atoms with Crippen molar-refractivity contribution in [1.29, 1.82) is 0 Å². The van der Waals surface area contributed by atoms with Crippen molar-refractivity contribution in [1.82, 2.24) is 15.3 Å². The molecule has 0 aliphatic heterocycles. The third kappa shape index (κ3) is 2.25. The van der Waals surface area contributed by atoms with Crippen LogP contribution in [0, 0.1) is 6.92 Å². The molecule has 2 aromatic rings. The van der Waals surface area contributed by atoms with E-state index in [-0.39, 0.29) is 6.04 Å². The van der Waals surface area contributed by atoms with E-state index in [4.69, 9.17) is 0 Å². The summed E-state index contributed by atoms with van der Waals surface area (Å²) < 4.78 is 0. The lowest BCUT2D eigenvalue weighted by molar-refractivity contribution is 0.667. The average molecular weight is 213 g/mol. The molecular weight excluding hydrogens is 198 g/mol. The number of aromatic nitrogens is 2. The summed E-state index contributed by atoms with van der Waals surface area (Å²) in [6, 6.07) is 10.5. The maximum Gasteiger partial charge on any atom is 0.115 e. The molecule has 1 aromatic carbocycles. The molecule has 3 nitrogen and oxygen atoms in total. The average Bonchev–Trinajstić information content (AvgIpc) is 2.31. The molecule has 82 valence electrons. The zero-order valence-corrected chi connectivity index (χ0v) is 9.51. The minimum atomic E-state index is 0.128. The Bertz CT molecular complexity index is 454. The highest BCUT2D eigenvalue weighted by Crippen LogP contribution is 2.19. The van der Waals surface area contributed by atoms with Gasteiger partial charge >= 0.3 is 0 Å². The summed E-state index contributed by atoms with van der Waals surface area (Å²) in [5.41, 5.74) is 3.47. The van der Waals surface area contributed by atoms with Crippen molar-refractivity contribution in [2.24, 2.45) is 0 Å². The summed E-state index contributed by atoms with van der Waals surface area (Å²) in [7, 11) is 1.94. The van der Waals surface area contributed by atoms with Gasteiger partial charge in [0.15, 0.2) is 0 Å². The van der Waals surface area contributed by atoms with Crippen LogP contribution in [-0.4, -0.2) is 17.0 Å². The molecule has 0 bridgehead atoms. The van der Waals surface area contributed by atoms with E-state index in [0.717, 1.165) is 5.69 Å². The van der Waals surface area contributed by atoms with Gasteiger partial charge in [0.2, 0.25) is 0 Å². The van der Waals surface area contributed by atoms with Crippen molar-refractivity contribution in [3.63, 3.8) is 0 Å². The van der Waals surface area contributed by atoms with Crippen LogP contribution < -0.4 is 5.32 Å². The van der Waals surface area contributed by atoms with Gasteiger partial charge in [0.05, 0.1) is 11.7 Å². The molecular formula is C13H15N3. The normalized spacial score (nSPS) is 12.4. The predicted octanol–water partition coefficient (Wildman–Crippen LogP) is 2.09.